The minimum absolute atomic E-state index is 0.734. The zero-order valence-electron chi connectivity index (χ0n) is 8.80. The molecule has 0 aromatic heterocycles. The quantitative estimate of drug-likeness (QED) is 0.582. The molecule has 1 heterocycles. The lowest BCUT2D eigenvalue weighted by molar-refractivity contribution is 0.274. The molecule has 12 heavy (non-hydrogen) atoms. The van der Waals surface area contributed by atoms with E-state index in [9.17, 15) is 0 Å². The second kappa shape index (κ2) is 3.51. The maximum Gasteiger partial charge on any atom is 0.0573 e. The predicted octanol–water partition coefficient (Wildman–Crippen LogP) is 2.89. The van der Waals surface area contributed by atoms with Crippen molar-refractivity contribution in [3.63, 3.8) is 0 Å². The average molecular weight is 167 g/mol. The van der Waals surface area contributed by atoms with Crippen molar-refractivity contribution in [2.75, 3.05) is 6.54 Å². The first kappa shape index (κ1) is 9.63. The van der Waals surface area contributed by atoms with E-state index in [0.717, 1.165) is 24.4 Å². The summed E-state index contributed by atoms with van der Waals surface area (Å²) in [5, 5.41) is 0. The molecule has 0 N–H and O–H groups in total. The molecular formula is C11H21N. The molecule has 1 rings (SSSR count). The van der Waals surface area contributed by atoms with Gasteiger partial charge in [-0.15, -0.1) is 0 Å². The van der Waals surface area contributed by atoms with Crippen LogP contribution in [0.3, 0.4) is 0 Å². The van der Waals surface area contributed by atoms with Gasteiger partial charge in [-0.2, -0.15) is 0 Å². The van der Waals surface area contributed by atoms with E-state index in [0.29, 0.717) is 0 Å². The van der Waals surface area contributed by atoms with Gasteiger partial charge in [-0.25, -0.2) is 0 Å². The van der Waals surface area contributed by atoms with Gasteiger partial charge in [-0.3, -0.25) is 0 Å². The topological polar surface area (TPSA) is 3.01 Å². The number of hydrogen-bond acceptors (Lipinski definition) is 1. The normalized spacial score (nSPS) is 19.2. The Labute approximate surface area is 76.5 Å². The summed E-state index contributed by atoms with van der Waals surface area (Å²) in [4.78, 5) is 2.44. The molecule has 0 spiro atoms. The van der Waals surface area contributed by atoms with Gasteiger partial charge in [0, 0.05) is 11.7 Å². The molecule has 0 amide bonds. The monoisotopic (exact) mass is 167 g/mol. The molecular weight excluding hydrogens is 146 g/mol. The van der Waals surface area contributed by atoms with Crippen LogP contribution in [-0.2, 0) is 0 Å². The van der Waals surface area contributed by atoms with Crippen LogP contribution in [-0.4, -0.2) is 17.5 Å². The lowest BCUT2D eigenvalue weighted by Crippen LogP contribution is -2.26. The van der Waals surface area contributed by atoms with Crippen molar-refractivity contribution in [2.45, 2.75) is 40.2 Å². The summed E-state index contributed by atoms with van der Waals surface area (Å²) in [6, 6.07) is 0.734. The zero-order chi connectivity index (χ0) is 9.30. The number of hydrogen-bond donors (Lipinski definition) is 0. The fourth-order valence-electron chi connectivity index (χ4n) is 1.76. The molecule has 1 atom stereocenters. The summed E-state index contributed by atoms with van der Waals surface area (Å²) < 4.78 is 0. The van der Waals surface area contributed by atoms with Crippen molar-refractivity contribution in [3.05, 3.63) is 12.3 Å². The second-order valence-corrected chi connectivity index (χ2v) is 4.64. The van der Waals surface area contributed by atoms with Crippen LogP contribution >= 0.6 is 0 Å². The first-order chi connectivity index (χ1) is 5.52. The van der Waals surface area contributed by atoms with Gasteiger partial charge in [-0.1, -0.05) is 34.3 Å². The van der Waals surface area contributed by atoms with Gasteiger partial charge in [0.1, 0.15) is 0 Å². The van der Waals surface area contributed by atoms with Crippen LogP contribution in [0, 0.1) is 11.8 Å². The van der Waals surface area contributed by atoms with E-state index in [4.69, 9.17) is 0 Å². The predicted molar refractivity (Wildman–Crippen MR) is 53.9 cm³/mol. The zero-order valence-corrected chi connectivity index (χ0v) is 8.80. The third-order valence-corrected chi connectivity index (χ3v) is 2.54. The summed E-state index contributed by atoms with van der Waals surface area (Å²) in [6.45, 7) is 14.3. The van der Waals surface area contributed by atoms with Crippen molar-refractivity contribution < 1.29 is 0 Å². The van der Waals surface area contributed by atoms with Gasteiger partial charge >= 0.3 is 0 Å². The standard InChI is InChI=1S/C11H21N/c1-8(2)6-11(9(3)4)12-7-10(12)5/h8-9,11H,5-7H2,1-4H3. The van der Waals surface area contributed by atoms with Gasteiger partial charge < -0.3 is 4.90 Å². The summed E-state index contributed by atoms with van der Waals surface area (Å²) in [6.07, 6.45) is 1.30. The summed E-state index contributed by atoms with van der Waals surface area (Å²) in [5.74, 6) is 1.55. The lowest BCUT2D eigenvalue weighted by Gasteiger charge is -2.24. The van der Waals surface area contributed by atoms with Crippen molar-refractivity contribution in [2.24, 2.45) is 11.8 Å². The van der Waals surface area contributed by atoms with E-state index in [1.54, 1.807) is 0 Å². The summed E-state index contributed by atoms with van der Waals surface area (Å²) in [5.41, 5.74) is 1.33. The van der Waals surface area contributed by atoms with Crippen LogP contribution in [0.1, 0.15) is 34.1 Å². The maximum absolute atomic E-state index is 3.98. The third kappa shape index (κ3) is 2.26. The number of nitrogens with zero attached hydrogens (tertiary/aromatic N) is 1. The highest BCUT2D eigenvalue weighted by Gasteiger charge is 2.32. The Balaban J connectivity index is 2.44. The van der Waals surface area contributed by atoms with Gasteiger partial charge in [0.25, 0.3) is 0 Å². The molecule has 0 radical (unpaired) electrons. The Hall–Kier alpha value is -0.460. The molecule has 1 aliphatic heterocycles. The smallest absolute Gasteiger partial charge is 0.0573 e. The Morgan fingerprint density at radius 1 is 1.33 bits per heavy atom. The maximum atomic E-state index is 3.98. The molecule has 0 aromatic rings. The van der Waals surface area contributed by atoms with Gasteiger partial charge in [0.2, 0.25) is 0 Å². The molecule has 1 nitrogen and oxygen atoms in total. The highest BCUT2D eigenvalue weighted by Crippen LogP contribution is 2.31. The largest absolute Gasteiger partial charge is 0.365 e. The van der Waals surface area contributed by atoms with Crippen LogP contribution in [0.25, 0.3) is 0 Å². The van der Waals surface area contributed by atoms with Crippen molar-refractivity contribution in [1.29, 1.82) is 0 Å². The van der Waals surface area contributed by atoms with E-state index >= 15 is 0 Å². The fourth-order valence-corrected chi connectivity index (χ4v) is 1.76. The molecule has 0 saturated carbocycles. The van der Waals surface area contributed by atoms with E-state index in [1.165, 1.54) is 12.1 Å². The first-order valence-electron chi connectivity index (χ1n) is 4.96. The van der Waals surface area contributed by atoms with Crippen molar-refractivity contribution in [1.82, 2.24) is 4.90 Å². The average Bonchev–Trinajstić information content (AvgIpc) is 2.61. The van der Waals surface area contributed by atoms with E-state index in [-0.39, 0.29) is 0 Å². The van der Waals surface area contributed by atoms with Crippen LogP contribution in [0.4, 0.5) is 0 Å². The lowest BCUT2D eigenvalue weighted by atomic mass is 9.94. The van der Waals surface area contributed by atoms with Gasteiger partial charge in [0.15, 0.2) is 0 Å². The number of rotatable bonds is 4. The highest BCUT2D eigenvalue weighted by molar-refractivity contribution is 5.15. The molecule has 0 bridgehead atoms. The van der Waals surface area contributed by atoms with Gasteiger partial charge in [0.05, 0.1) is 6.54 Å². The summed E-state index contributed by atoms with van der Waals surface area (Å²) >= 11 is 0. The fraction of sp³-hybridized carbons (Fsp3) is 0.818. The van der Waals surface area contributed by atoms with Crippen molar-refractivity contribution in [3.8, 4) is 0 Å². The molecule has 1 fully saturated rings. The summed E-state index contributed by atoms with van der Waals surface area (Å²) in [7, 11) is 0. The van der Waals surface area contributed by atoms with E-state index in [2.05, 4.69) is 39.2 Å². The van der Waals surface area contributed by atoms with Crippen LogP contribution in [0.2, 0.25) is 0 Å². The van der Waals surface area contributed by atoms with Gasteiger partial charge in [-0.05, 0) is 18.3 Å². The van der Waals surface area contributed by atoms with Crippen LogP contribution in [0.15, 0.2) is 12.3 Å². The first-order valence-corrected chi connectivity index (χ1v) is 4.96. The molecule has 0 aliphatic carbocycles. The molecule has 1 heteroatoms. The van der Waals surface area contributed by atoms with E-state index < -0.39 is 0 Å². The minimum atomic E-state index is 0.734. The minimum Gasteiger partial charge on any atom is -0.365 e. The Bertz CT molecular complexity index is 170. The molecule has 0 aromatic carbocycles. The van der Waals surface area contributed by atoms with Crippen LogP contribution < -0.4 is 0 Å². The Kier molecular flexibility index (Phi) is 2.81. The van der Waals surface area contributed by atoms with Crippen molar-refractivity contribution >= 4 is 0 Å². The molecule has 70 valence electrons. The SMILES string of the molecule is C=C1CN1C(CC(C)C)C(C)C. The highest BCUT2D eigenvalue weighted by atomic mass is 15.3. The Morgan fingerprint density at radius 3 is 2.08 bits per heavy atom. The third-order valence-electron chi connectivity index (χ3n) is 2.54. The van der Waals surface area contributed by atoms with E-state index in [1.807, 2.05) is 0 Å². The molecule has 1 unspecified atom stereocenters. The molecule has 1 aliphatic rings. The second-order valence-electron chi connectivity index (χ2n) is 4.64. The van der Waals surface area contributed by atoms with Crippen LogP contribution in [0.5, 0.6) is 0 Å². The Morgan fingerprint density at radius 2 is 1.83 bits per heavy atom. The molecule has 1 saturated heterocycles.